The van der Waals surface area contributed by atoms with Crippen molar-refractivity contribution >= 4 is 29.1 Å². The molecule has 0 spiro atoms. The number of aryl methyl sites for hydroxylation is 1. The number of aromatic amines is 1. The van der Waals surface area contributed by atoms with Crippen LogP contribution in [0.25, 0.3) is 11.2 Å². The van der Waals surface area contributed by atoms with Crippen LogP contribution in [0.2, 0.25) is 0 Å². The first-order chi connectivity index (χ1) is 13.1. The number of anilines is 1. The highest BCUT2D eigenvalue weighted by molar-refractivity contribution is 5.74. The molecule has 0 bridgehead atoms. The molecule has 28 heavy (non-hydrogen) atoms. The lowest BCUT2D eigenvalue weighted by Crippen LogP contribution is -2.46. The zero-order valence-corrected chi connectivity index (χ0v) is 16.3. The largest absolute Gasteiger partial charge is 0.420 e. The van der Waals surface area contributed by atoms with E-state index in [2.05, 4.69) is 15.0 Å². The molecule has 0 aromatic carbocycles. The van der Waals surface area contributed by atoms with Crippen molar-refractivity contribution in [2.24, 2.45) is 11.8 Å². The van der Waals surface area contributed by atoms with Crippen LogP contribution in [0.1, 0.15) is 34.1 Å². The van der Waals surface area contributed by atoms with Gasteiger partial charge in [-0.3, -0.25) is 19.4 Å². The molecular weight excluding hydrogens is 370 g/mol. The first-order valence-electron chi connectivity index (χ1n) is 8.85. The SMILES string of the molecule is CC(C)C(=O)OC(CO)(CCn1cnc2c(=O)[nH]c(N)nc21)OC(=O)C(C)C. The number of esters is 2. The lowest BCUT2D eigenvalue weighted by atomic mass is 10.1. The Kier molecular flexibility index (Phi) is 6.39. The van der Waals surface area contributed by atoms with E-state index in [9.17, 15) is 19.5 Å². The van der Waals surface area contributed by atoms with Gasteiger partial charge in [-0.05, 0) is 0 Å². The van der Waals surface area contributed by atoms with Gasteiger partial charge in [-0.15, -0.1) is 0 Å². The molecule has 11 nitrogen and oxygen atoms in total. The van der Waals surface area contributed by atoms with Crippen LogP contribution in [0.5, 0.6) is 0 Å². The van der Waals surface area contributed by atoms with E-state index in [0.29, 0.717) is 0 Å². The summed E-state index contributed by atoms with van der Waals surface area (Å²) in [4.78, 5) is 46.5. The van der Waals surface area contributed by atoms with Gasteiger partial charge in [0.25, 0.3) is 11.3 Å². The van der Waals surface area contributed by atoms with Gasteiger partial charge >= 0.3 is 11.9 Å². The minimum Gasteiger partial charge on any atom is -0.420 e. The van der Waals surface area contributed by atoms with Crippen molar-refractivity contribution < 1.29 is 24.2 Å². The number of carbonyl (C=O) groups is 2. The fourth-order valence-corrected chi connectivity index (χ4v) is 2.29. The summed E-state index contributed by atoms with van der Waals surface area (Å²) in [5.74, 6) is -4.17. The first kappa shape index (κ1) is 21.4. The number of ether oxygens (including phenoxy) is 2. The molecular formula is C17H25N5O6. The lowest BCUT2D eigenvalue weighted by Gasteiger charge is -2.32. The molecule has 0 fully saturated rings. The smallest absolute Gasteiger partial charge is 0.311 e. The monoisotopic (exact) mass is 395 g/mol. The lowest BCUT2D eigenvalue weighted by molar-refractivity contribution is -0.247. The van der Waals surface area contributed by atoms with Crippen LogP contribution in [0.15, 0.2) is 11.1 Å². The number of aliphatic hydroxyl groups excluding tert-OH is 1. The number of aliphatic hydroxyl groups is 1. The molecule has 154 valence electrons. The van der Waals surface area contributed by atoms with E-state index in [0.717, 1.165) is 0 Å². The quantitative estimate of drug-likeness (QED) is 0.418. The number of hydrogen-bond donors (Lipinski definition) is 3. The fraction of sp³-hybridized carbons (Fsp3) is 0.588. The Bertz CT molecular complexity index is 894. The topological polar surface area (TPSA) is 162 Å². The zero-order valence-electron chi connectivity index (χ0n) is 16.3. The predicted octanol–water partition coefficient (Wildman–Crippen LogP) is 0.179. The molecule has 2 rings (SSSR count). The van der Waals surface area contributed by atoms with Crippen LogP contribution in [-0.2, 0) is 25.6 Å². The Morgan fingerprint density at radius 1 is 1.25 bits per heavy atom. The summed E-state index contributed by atoms with van der Waals surface area (Å²) < 4.78 is 12.2. The third kappa shape index (κ3) is 4.66. The highest BCUT2D eigenvalue weighted by Gasteiger charge is 2.39. The van der Waals surface area contributed by atoms with Gasteiger partial charge in [0, 0.05) is 13.0 Å². The number of carbonyl (C=O) groups excluding carboxylic acids is 2. The third-order valence-corrected chi connectivity index (χ3v) is 3.98. The third-order valence-electron chi connectivity index (χ3n) is 3.98. The second kappa shape index (κ2) is 8.38. The second-order valence-corrected chi connectivity index (χ2v) is 7.03. The normalized spacial score (nSPS) is 12.0. The van der Waals surface area contributed by atoms with Gasteiger partial charge in [0.2, 0.25) is 5.95 Å². The number of hydrogen-bond acceptors (Lipinski definition) is 9. The van der Waals surface area contributed by atoms with E-state index >= 15 is 0 Å². The summed E-state index contributed by atoms with van der Waals surface area (Å²) in [6.45, 7) is 5.85. The standard InChI is InChI=1S/C17H25N5O6/c1-9(2)14(25)27-17(7-23,28-15(26)10(3)4)5-6-22-8-19-11-12(22)20-16(18)21-13(11)24/h8-10,23H,5-7H2,1-4H3,(H3,18,20,21,24). The Morgan fingerprint density at radius 2 is 1.82 bits per heavy atom. The van der Waals surface area contributed by atoms with E-state index in [4.69, 9.17) is 15.2 Å². The molecule has 11 heteroatoms. The number of nitrogens with zero attached hydrogens (tertiary/aromatic N) is 3. The molecule has 0 radical (unpaired) electrons. The highest BCUT2D eigenvalue weighted by atomic mass is 16.7. The number of aromatic nitrogens is 4. The van der Waals surface area contributed by atoms with Crippen molar-refractivity contribution in [1.29, 1.82) is 0 Å². The van der Waals surface area contributed by atoms with Gasteiger partial charge in [0.05, 0.1) is 18.2 Å². The average molecular weight is 395 g/mol. The van der Waals surface area contributed by atoms with Crippen molar-refractivity contribution in [3.05, 3.63) is 16.7 Å². The van der Waals surface area contributed by atoms with Gasteiger partial charge in [-0.2, -0.15) is 4.98 Å². The van der Waals surface area contributed by atoms with E-state index in [-0.39, 0.29) is 30.1 Å². The molecule has 0 aliphatic heterocycles. The second-order valence-electron chi connectivity index (χ2n) is 7.03. The highest BCUT2D eigenvalue weighted by Crippen LogP contribution is 2.23. The Balaban J connectivity index is 2.32. The maximum absolute atomic E-state index is 12.1. The number of H-pyrrole nitrogens is 1. The number of nitrogens with one attached hydrogen (secondary N) is 1. The summed E-state index contributed by atoms with van der Waals surface area (Å²) in [5.41, 5.74) is 5.39. The molecule has 0 aliphatic rings. The molecule has 0 amide bonds. The predicted molar refractivity (Wildman–Crippen MR) is 98.9 cm³/mol. The van der Waals surface area contributed by atoms with E-state index in [1.807, 2.05) is 0 Å². The van der Waals surface area contributed by atoms with Gasteiger partial charge in [0.1, 0.15) is 6.61 Å². The molecule has 2 heterocycles. The zero-order chi connectivity index (χ0) is 21.1. The van der Waals surface area contributed by atoms with Crippen LogP contribution < -0.4 is 11.3 Å². The van der Waals surface area contributed by atoms with Crippen molar-refractivity contribution in [3.63, 3.8) is 0 Å². The van der Waals surface area contributed by atoms with Crippen molar-refractivity contribution in [3.8, 4) is 0 Å². The molecule has 2 aromatic heterocycles. The molecule has 0 atom stereocenters. The number of imidazole rings is 1. The molecule has 4 N–H and O–H groups in total. The van der Waals surface area contributed by atoms with Gasteiger partial charge in [-0.25, -0.2) is 4.98 Å². The molecule has 0 saturated heterocycles. The minimum absolute atomic E-state index is 0.0786. The van der Waals surface area contributed by atoms with Gasteiger partial charge in [-0.1, -0.05) is 27.7 Å². The molecule has 0 unspecified atom stereocenters. The molecule has 0 aliphatic carbocycles. The summed E-state index contributed by atoms with van der Waals surface area (Å²) in [6, 6.07) is 0. The number of rotatable bonds is 8. The van der Waals surface area contributed by atoms with Crippen molar-refractivity contribution in [2.75, 3.05) is 12.3 Å². The maximum atomic E-state index is 12.1. The number of nitrogen functional groups attached to an aromatic ring is 1. The fourth-order valence-electron chi connectivity index (χ4n) is 2.29. The molecule has 0 saturated carbocycles. The molecule has 2 aromatic rings. The van der Waals surface area contributed by atoms with Crippen LogP contribution in [0, 0.1) is 11.8 Å². The number of fused-ring (bicyclic) bond motifs is 1. The maximum Gasteiger partial charge on any atom is 0.311 e. The Morgan fingerprint density at radius 3 is 2.32 bits per heavy atom. The minimum atomic E-state index is -1.87. The van der Waals surface area contributed by atoms with Crippen LogP contribution >= 0.6 is 0 Å². The van der Waals surface area contributed by atoms with Gasteiger partial charge in [0.15, 0.2) is 11.2 Å². The van der Waals surface area contributed by atoms with E-state index in [1.165, 1.54) is 10.9 Å². The van der Waals surface area contributed by atoms with Gasteiger partial charge < -0.3 is 24.9 Å². The van der Waals surface area contributed by atoms with Crippen LogP contribution in [0.3, 0.4) is 0 Å². The summed E-state index contributed by atoms with van der Waals surface area (Å²) >= 11 is 0. The van der Waals surface area contributed by atoms with E-state index in [1.54, 1.807) is 27.7 Å². The number of nitrogens with two attached hydrogens (primary N) is 1. The van der Waals surface area contributed by atoms with E-state index < -0.39 is 41.7 Å². The average Bonchev–Trinajstić information content (AvgIpc) is 3.02. The summed E-state index contributed by atoms with van der Waals surface area (Å²) in [5, 5.41) is 9.90. The Labute approximate surface area is 160 Å². The van der Waals surface area contributed by atoms with Crippen molar-refractivity contribution in [2.45, 2.75) is 46.4 Å². The summed E-state index contributed by atoms with van der Waals surface area (Å²) in [7, 11) is 0. The van der Waals surface area contributed by atoms with Crippen LogP contribution in [-0.4, -0.2) is 49.0 Å². The summed E-state index contributed by atoms with van der Waals surface area (Å²) in [6.07, 6.45) is 1.28. The Hall–Kier alpha value is -2.95. The van der Waals surface area contributed by atoms with Crippen LogP contribution in [0.4, 0.5) is 5.95 Å². The van der Waals surface area contributed by atoms with Crippen molar-refractivity contribution in [1.82, 2.24) is 19.5 Å². The first-order valence-corrected chi connectivity index (χ1v) is 8.85.